The third kappa shape index (κ3) is 2.57. The van der Waals surface area contributed by atoms with Gasteiger partial charge >= 0.3 is 0 Å². The zero-order valence-corrected chi connectivity index (χ0v) is 13.3. The molecule has 3 rings (SSSR count). The molecule has 0 saturated carbocycles. The van der Waals surface area contributed by atoms with Crippen molar-refractivity contribution < 1.29 is 4.74 Å². The number of rotatable bonds is 4. The van der Waals surface area contributed by atoms with Crippen LogP contribution in [0.4, 0.5) is 0 Å². The lowest BCUT2D eigenvalue weighted by atomic mass is 10.1. The van der Waals surface area contributed by atoms with Gasteiger partial charge in [0, 0.05) is 21.7 Å². The molecule has 2 aromatic rings. The third-order valence-corrected chi connectivity index (χ3v) is 5.82. The van der Waals surface area contributed by atoms with Crippen molar-refractivity contribution in [2.45, 2.75) is 18.2 Å². The lowest BCUT2D eigenvalue weighted by Crippen LogP contribution is -2.18. The number of nitrogens with one attached hydrogen (secondary N) is 1. The van der Waals surface area contributed by atoms with Crippen molar-refractivity contribution in [2.75, 3.05) is 19.9 Å². The van der Waals surface area contributed by atoms with E-state index < -0.39 is 0 Å². The predicted octanol–water partition coefficient (Wildman–Crippen LogP) is 3.25. The fourth-order valence-corrected chi connectivity index (χ4v) is 5.01. The first-order valence-electron chi connectivity index (χ1n) is 6.69. The fourth-order valence-electron chi connectivity index (χ4n) is 2.52. The lowest BCUT2D eigenvalue weighted by molar-refractivity contribution is 0.402. The molecule has 2 aromatic heterocycles. The molecule has 1 atom stereocenters. The van der Waals surface area contributed by atoms with Crippen LogP contribution in [-0.4, -0.2) is 24.9 Å². The normalized spacial score (nSPS) is 15.7. The number of hydrogen-bond acceptors (Lipinski definition) is 5. The summed E-state index contributed by atoms with van der Waals surface area (Å²) in [4.78, 5) is 7.38. The molecule has 3 heterocycles. The van der Waals surface area contributed by atoms with E-state index in [4.69, 9.17) is 4.74 Å². The van der Waals surface area contributed by atoms with E-state index in [-0.39, 0.29) is 6.04 Å². The first kappa shape index (κ1) is 13.9. The van der Waals surface area contributed by atoms with Crippen LogP contribution in [0.2, 0.25) is 0 Å². The molecule has 0 bridgehead atoms. The second-order valence-electron chi connectivity index (χ2n) is 4.71. The average molecular weight is 306 g/mol. The molecule has 0 radical (unpaired) electrons. The Hall–Kier alpha value is -1.04. The van der Waals surface area contributed by atoms with Crippen LogP contribution < -0.4 is 10.1 Å². The number of methoxy groups -OCH3 is 1. The summed E-state index contributed by atoms with van der Waals surface area (Å²) in [6, 6.07) is 6.31. The molecule has 0 aromatic carbocycles. The Morgan fingerprint density at radius 3 is 3.10 bits per heavy atom. The predicted molar refractivity (Wildman–Crippen MR) is 85.9 cm³/mol. The van der Waals surface area contributed by atoms with Crippen LogP contribution in [0.25, 0.3) is 0 Å². The van der Waals surface area contributed by atoms with E-state index in [1.54, 1.807) is 7.11 Å². The molecule has 1 aliphatic rings. The number of pyridine rings is 1. The summed E-state index contributed by atoms with van der Waals surface area (Å²) in [6.07, 6.45) is 3.02. The van der Waals surface area contributed by atoms with Gasteiger partial charge in [-0.15, -0.1) is 11.3 Å². The number of thiophene rings is 1. The maximum atomic E-state index is 5.45. The van der Waals surface area contributed by atoms with E-state index in [1.165, 1.54) is 27.5 Å². The van der Waals surface area contributed by atoms with Gasteiger partial charge < -0.3 is 10.1 Å². The van der Waals surface area contributed by atoms with E-state index in [2.05, 4.69) is 16.4 Å². The van der Waals surface area contributed by atoms with Crippen LogP contribution in [0.1, 0.15) is 27.1 Å². The van der Waals surface area contributed by atoms with Crippen molar-refractivity contribution in [1.82, 2.24) is 10.3 Å². The van der Waals surface area contributed by atoms with Gasteiger partial charge in [-0.3, -0.25) is 4.98 Å². The lowest BCUT2D eigenvalue weighted by Gasteiger charge is -2.16. The number of hydrogen-bond donors (Lipinski definition) is 1. The molecule has 3 nitrogen and oxygen atoms in total. The highest BCUT2D eigenvalue weighted by atomic mass is 32.2. The largest absolute Gasteiger partial charge is 0.495 e. The number of aromatic nitrogens is 1. The van der Waals surface area contributed by atoms with Gasteiger partial charge in [-0.25, -0.2) is 0 Å². The molecular formula is C15H18N2OS2. The number of fused-ring (bicyclic) bond motifs is 1. The van der Waals surface area contributed by atoms with E-state index in [9.17, 15) is 0 Å². The molecule has 1 aliphatic heterocycles. The highest BCUT2D eigenvalue weighted by molar-refractivity contribution is 7.98. The highest BCUT2D eigenvalue weighted by Gasteiger charge is 2.22. The summed E-state index contributed by atoms with van der Waals surface area (Å²) < 4.78 is 5.45. The van der Waals surface area contributed by atoms with E-state index in [0.717, 1.165) is 17.2 Å². The monoisotopic (exact) mass is 306 g/mol. The molecule has 5 heteroatoms. The quantitative estimate of drug-likeness (QED) is 0.940. The topological polar surface area (TPSA) is 34.2 Å². The average Bonchev–Trinajstić information content (AvgIpc) is 2.92. The fraction of sp³-hybridized carbons (Fsp3) is 0.400. The number of thioether (sulfide) groups is 1. The van der Waals surface area contributed by atoms with Crippen molar-refractivity contribution in [3.05, 3.63) is 45.4 Å². The molecular weight excluding hydrogens is 288 g/mol. The summed E-state index contributed by atoms with van der Waals surface area (Å²) in [5.74, 6) is 3.22. The number of nitrogens with zero attached hydrogens (tertiary/aromatic N) is 1. The molecule has 1 N–H and O–H groups in total. The number of aryl methyl sites for hydroxylation is 1. The van der Waals surface area contributed by atoms with Crippen LogP contribution in [-0.2, 0) is 12.2 Å². The van der Waals surface area contributed by atoms with Crippen LogP contribution in [0.15, 0.2) is 24.4 Å². The molecule has 1 unspecified atom stereocenters. The minimum atomic E-state index is 0.103. The van der Waals surface area contributed by atoms with Crippen molar-refractivity contribution in [3.63, 3.8) is 0 Å². The summed E-state index contributed by atoms with van der Waals surface area (Å²) in [7, 11) is 3.68. The zero-order chi connectivity index (χ0) is 13.9. The Bertz CT molecular complexity index is 574. The molecule has 106 valence electrons. The van der Waals surface area contributed by atoms with Gasteiger partial charge in [0.05, 0.1) is 13.2 Å². The van der Waals surface area contributed by atoms with Gasteiger partial charge in [0.1, 0.15) is 11.4 Å². The second kappa shape index (κ2) is 6.16. The van der Waals surface area contributed by atoms with Crippen molar-refractivity contribution in [2.24, 2.45) is 0 Å². The second-order valence-corrected chi connectivity index (χ2v) is 6.99. The van der Waals surface area contributed by atoms with Crippen LogP contribution in [0, 0.1) is 0 Å². The third-order valence-electron chi connectivity index (χ3n) is 3.51. The minimum Gasteiger partial charge on any atom is -0.495 e. The van der Waals surface area contributed by atoms with Gasteiger partial charge in [-0.1, -0.05) is 0 Å². The highest BCUT2D eigenvalue weighted by Crippen LogP contribution is 2.37. The molecule has 20 heavy (non-hydrogen) atoms. The Morgan fingerprint density at radius 1 is 1.45 bits per heavy atom. The summed E-state index contributed by atoms with van der Waals surface area (Å²) in [5, 5.41) is 3.38. The molecule has 0 amide bonds. The minimum absolute atomic E-state index is 0.103. The molecule has 0 saturated heterocycles. The van der Waals surface area contributed by atoms with Crippen LogP contribution in [0.5, 0.6) is 5.75 Å². The Balaban J connectivity index is 1.99. The SMILES string of the molecule is CNC(c1cc2c(s1)CCSC2)c1ncccc1OC. The Morgan fingerprint density at radius 2 is 2.35 bits per heavy atom. The maximum Gasteiger partial charge on any atom is 0.142 e. The maximum absolute atomic E-state index is 5.45. The van der Waals surface area contributed by atoms with Crippen molar-refractivity contribution in [3.8, 4) is 5.75 Å². The van der Waals surface area contributed by atoms with Gasteiger partial charge in [-0.2, -0.15) is 11.8 Å². The van der Waals surface area contributed by atoms with Gasteiger partial charge in [-0.05, 0) is 43.0 Å². The zero-order valence-electron chi connectivity index (χ0n) is 11.7. The molecule has 0 spiro atoms. The summed E-state index contributed by atoms with van der Waals surface area (Å²) >= 11 is 3.93. The molecule has 0 fully saturated rings. The summed E-state index contributed by atoms with van der Waals surface area (Å²) in [5.41, 5.74) is 2.46. The Labute approximate surface area is 127 Å². The van der Waals surface area contributed by atoms with Crippen molar-refractivity contribution >= 4 is 23.1 Å². The Kier molecular flexibility index (Phi) is 4.29. The van der Waals surface area contributed by atoms with Crippen molar-refractivity contribution in [1.29, 1.82) is 0 Å². The summed E-state index contributed by atoms with van der Waals surface area (Å²) in [6.45, 7) is 0. The van der Waals surface area contributed by atoms with Gasteiger partial charge in [0.25, 0.3) is 0 Å². The standard InChI is InChI=1S/C15H18N2OS2/c1-16-15(14-11(18-2)4-3-6-17-14)13-8-10-9-19-7-5-12(10)20-13/h3-4,6,8,15-16H,5,7,9H2,1-2H3. The van der Waals surface area contributed by atoms with Crippen LogP contribution in [0.3, 0.4) is 0 Å². The van der Waals surface area contributed by atoms with E-state index in [1.807, 2.05) is 48.5 Å². The van der Waals surface area contributed by atoms with Crippen LogP contribution >= 0.6 is 23.1 Å². The first-order chi connectivity index (χ1) is 9.83. The smallest absolute Gasteiger partial charge is 0.142 e. The van der Waals surface area contributed by atoms with Gasteiger partial charge in [0.15, 0.2) is 0 Å². The number of ether oxygens (including phenoxy) is 1. The molecule has 0 aliphatic carbocycles. The first-order valence-corrected chi connectivity index (χ1v) is 8.66. The van der Waals surface area contributed by atoms with E-state index in [0.29, 0.717) is 0 Å². The van der Waals surface area contributed by atoms with E-state index >= 15 is 0 Å². The van der Waals surface area contributed by atoms with Gasteiger partial charge in [0.2, 0.25) is 0 Å².